The summed E-state index contributed by atoms with van der Waals surface area (Å²) in [5, 5.41) is 12.9. The van der Waals surface area contributed by atoms with E-state index in [0.29, 0.717) is 12.1 Å². The van der Waals surface area contributed by atoms with Gasteiger partial charge in [0.1, 0.15) is 5.54 Å². The normalized spacial score (nSPS) is 36.4. The molecule has 2 rings (SSSR count). The summed E-state index contributed by atoms with van der Waals surface area (Å²) in [6.45, 7) is 8.33. The standard InChI is InChI=1S/C15H29N3O2/c1-4-7-16-15(14(19)20)6-5-13(10-15)18-9-8-17(3)12(2)11-18/h12-13,16H,4-11H2,1-3H3,(H,19,20). The molecule has 0 amide bonds. The fourth-order valence-electron chi connectivity index (χ4n) is 3.53. The monoisotopic (exact) mass is 283 g/mol. The summed E-state index contributed by atoms with van der Waals surface area (Å²) in [6.07, 6.45) is 3.48. The Morgan fingerprint density at radius 2 is 2.20 bits per heavy atom. The molecule has 2 aliphatic rings. The Morgan fingerprint density at radius 1 is 1.45 bits per heavy atom. The third-order valence-corrected chi connectivity index (χ3v) is 5.12. The Morgan fingerprint density at radius 3 is 2.80 bits per heavy atom. The number of aliphatic carboxylic acids is 1. The lowest BCUT2D eigenvalue weighted by atomic mass is 9.96. The minimum absolute atomic E-state index is 0.423. The number of carbonyl (C=O) groups is 1. The first-order valence-corrected chi connectivity index (χ1v) is 7.91. The third kappa shape index (κ3) is 3.15. The Labute approximate surface area is 122 Å². The summed E-state index contributed by atoms with van der Waals surface area (Å²) in [5.74, 6) is -0.671. The maximum Gasteiger partial charge on any atom is 0.323 e. The van der Waals surface area contributed by atoms with Gasteiger partial charge in [-0.2, -0.15) is 0 Å². The van der Waals surface area contributed by atoms with Crippen LogP contribution in [0.5, 0.6) is 0 Å². The second-order valence-electron chi connectivity index (χ2n) is 6.54. The lowest BCUT2D eigenvalue weighted by molar-refractivity contribution is -0.144. The quantitative estimate of drug-likeness (QED) is 0.788. The molecule has 1 aliphatic heterocycles. The van der Waals surface area contributed by atoms with Crippen molar-refractivity contribution in [1.29, 1.82) is 0 Å². The minimum Gasteiger partial charge on any atom is -0.480 e. The van der Waals surface area contributed by atoms with Crippen LogP contribution in [0.2, 0.25) is 0 Å². The summed E-state index contributed by atoms with van der Waals surface area (Å²) in [5.41, 5.74) is -0.687. The van der Waals surface area contributed by atoms with Crippen LogP contribution in [0.4, 0.5) is 0 Å². The Bertz CT molecular complexity index is 350. The van der Waals surface area contributed by atoms with Crippen LogP contribution in [0.15, 0.2) is 0 Å². The molecule has 0 bridgehead atoms. The number of nitrogens with zero attached hydrogens (tertiary/aromatic N) is 2. The average molecular weight is 283 g/mol. The zero-order valence-corrected chi connectivity index (χ0v) is 13.1. The average Bonchev–Trinajstić information content (AvgIpc) is 2.85. The number of nitrogens with one attached hydrogen (secondary N) is 1. The molecule has 3 atom stereocenters. The van der Waals surface area contributed by atoms with Crippen LogP contribution < -0.4 is 5.32 Å². The number of carboxylic acid groups (broad SMARTS) is 1. The molecule has 0 aromatic rings. The van der Waals surface area contributed by atoms with Gasteiger partial charge in [-0.05, 0) is 46.2 Å². The Balaban J connectivity index is 1.97. The zero-order valence-electron chi connectivity index (χ0n) is 13.1. The van der Waals surface area contributed by atoms with E-state index in [4.69, 9.17) is 0 Å². The number of rotatable bonds is 5. The molecule has 0 aromatic carbocycles. The van der Waals surface area contributed by atoms with Gasteiger partial charge in [-0.1, -0.05) is 6.92 Å². The molecular weight excluding hydrogens is 254 g/mol. The highest BCUT2D eigenvalue weighted by Crippen LogP contribution is 2.34. The molecule has 0 radical (unpaired) electrons. The van der Waals surface area contributed by atoms with Crippen molar-refractivity contribution in [2.24, 2.45) is 0 Å². The van der Waals surface area contributed by atoms with Crippen LogP contribution in [0.3, 0.4) is 0 Å². The molecule has 1 aliphatic carbocycles. The van der Waals surface area contributed by atoms with Crippen molar-refractivity contribution in [2.45, 2.75) is 57.2 Å². The summed E-state index contributed by atoms with van der Waals surface area (Å²) < 4.78 is 0. The van der Waals surface area contributed by atoms with Gasteiger partial charge in [-0.3, -0.25) is 9.69 Å². The molecule has 2 N–H and O–H groups in total. The molecule has 116 valence electrons. The predicted molar refractivity (Wildman–Crippen MR) is 80.0 cm³/mol. The van der Waals surface area contributed by atoms with Gasteiger partial charge in [-0.25, -0.2) is 0 Å². The van der Waals surface area contributed by atoms with Crippen LogP contribution in [0.25, 0.3) is 0 Å². The maximum atomic E-state index is 11.7. The minimum atomic E-state index is -0.687. The van der Waals surface area contributed by atoms with Gasteiger partial charge < -0.3 is 15.3 Å². The molecule has 2 fully saturated rings. The van der Waals surface area contributed by atoms with E-state index in [0.717, 1.165) is 51.9 Å². The molecule has 20 heavy (non-hydrogen) atoms. The number of hydrogen-bond acceptors (Lipinski definition) is 4. The zero-order chi connectivity index (χ0) is 14.8. The van der Waals surface area contributed by atoms with E-state index in [1.165, 1.54) is 0 Å². The van der Waals surface area contributed by atoms with E-state index in [-0.39, 0.29) is 0 Å². The fourth-order valence-corrected chi connectivity index (χ4v) is 3.53. The molecule has 3 unspecified atom stereocenters. The van der Waals surface area contributed by atoms with Crippen molar-refractivity contribution in [1.82, 2.24) is 15.1 Å². The summed E-state index contributed by atoms with van der Waals surface area (Å²) in [7, 11) is 2.17. The van der Waals surface area contributed by atoms with Crippen molar-refractivity contribution < 1.29 is 9.90 Å². The molecule has 0 aromatic heterocycles. The highest BCUT2D eigenvalue weighted by molar-refractivity contribution is 5.79. The van der Waals surface area contributed by atoms with E-state index in [2.05, 4.69) is 36.0 Å². The number of hydrogen-bond donors (Lipinski definition) is 2. The second kappa shape index (κ2) is 6.41. The lowest BCUT2D eigenvalue weighted by Crippen LogP contribution is -2.55. The van der Waals surface area contributed by atoms with Gasteiger partial charge in [0.2, 0.25) is 0 Å². The van der Waals surface area contributed by atoms with E-state index >= 15 is 0 Å². The predicted octanol–water partition coefficient (Wildman–Crippen LogP) is 0.998. The lowest BCUT2D eigenvalue weighted by Gasteiger charge is -2.41. The van der Waals surface area contributed by atoms with Gasteiger partial charge in [0, 0.05) is 31.7 Å². The first kappa shape index (κ1) is 15.7. The number of carboxylic acids is 1. The van der Waals surface area contributed by atoms with Crippen molar-refractivity contribution in [2.75, 3.05) is 33.2 Å². The van der Waals surface area contributed by atoms with Crippen LogP contribution in [-0.2, 0) is 4.79 Å². The molecule has 5 nitrogen and oxygen atoms in total. The van der Waals surface area contributed by atoms with Crippen LogP contribution in [-0.4, -0.2) is 71.7 Å². The van der Waals surface area contributed by atoms with Gasteiger partial charge in [0.25, 0.3) is 0 Å². The Kier molecular flexibility index (Phi) is 5.04. The summed E-state index contributed by atoms with van der Waals surface area (Å²) in [6, 6.07) is 0.985. The fraction of sp³-hybridized carbons (Fsp3) is 0.933. The van der Waals surface area contributed by atoms with Gasteiger partial charge >= 0.3 is 5.97 Å². The van der Waals surface area contributed by atoms with Gasteiger partial charge in [0.15, 0.2) is 0 Å². The number of piperazine rings is 1. The smallest absolute Gasteiger partial charge is 0.323 e. The second-order valence-corrected chi connectivity index (χ2v) is 6.54. The SMILES string of the molecule is CCCNC1(C(=O)O)CCC(N2CCN(C)C(C)C2)C1. The van der Waals surface area contributed by atoms with Crippen LogP contribution in [0.1, 0.15) is 39.5 Å². The van der Waals surface area contributed by atoms with Gasteiger partial charge in [0.05, 0.1) is 0 Å². The van der Waals surface area contributed by atoms with E-state index < -0.39 is 11.5 Å². The van der Waals surface area contributed by atoms with Crippen LogP contribution in [0, 0.1) is 0 Å². The van der Waals surface area contributed by atoms with Crippen molar-refractivity contribution in [3.8, 4) is 0 Å². The molecule has 5 heteroatoms. The topological polar surface area (TPSA) is 55.8 Å². The third-order valence-electron chi connectivity index (χ3n) is 5.12. The first-order chi connectivity index (χ1) is 9.48. The molecule has 0 spiro atoms. The molecule has 1 saturated heterocycles. The summed E-state index contributed by atoms with van der Waals surface area (Å²) >= 11 is 0. The Hall–Kier alpha value is -0.650. The van der Waals surface area contributed by atoms with E-state index in [1.807, 2.05) is 0 Å². The molecule has 1 heterocycles. The van der Waals surface area contributed by atoms with E-state index in [1.54, 1.807) is 0 Å². The first-order valence-electron chi connectivity index (χ1n) is 7.91. The largest absolute Gasteiger partial charge is 0.480 e. The highest BCUT2D eigenvalue weighted by atomic mass is 16.4. The van der Waals surface area contributed by atoms with Crippen LogP contribution >= 0.6 is 0 Å². The molecular formula is C15H29N3O2. The highest BCUT2D eigenvalue weighted by Gasteiger charge is 2.47. The van der Waals surface area contributed by atoms with Gasteiger partial charge in [-0.15, -0.1) is 0 Å². The summed E-state index contributed by atoms with van der Waals surface area (Å²) in [4.78, 5) is 16.6. The number of likely N-dealkylation sites (N-methyl/N-ethyl adjacent to an activating group) is 1. The van der Waals surface area contributed by atoms with Crippen molar-refractivity contribution in [3.05, 3.63) is 0 Å². The van der Waals surface area contributed by atoms with Crippen molar-refractivity contribution in [3.63, 3.8) is 0 Å². The maximum absolute atomic E-state index is 11.7. The van der Waals surface area contributed by atoms with Crippen molar-refractivity contribution >= 4 is 5.97 Å². The molecule has 1 saturated carbocycles. The van der Waals surface area contributed by atoms with E-state index in [9.17, 15) is 9.90 Å².